The van der Waals surface area contributed by atoms with E-state index in [0.717, 1.165) is 61.1 Å². The van der Waals surface area contributed by atoms with Crippen LogP contribution in [0.1, 0.15) is 31.2 Å². The molecule has 3 heterocycles. The fourth-order valence-electron chi connectivity index (χ4n) is 4.93. The molecule has 1 amide bonds. The van der Waals surface area contributed by atoms with Crippen molar-refractivity contribution in [3.63, 3.8) is 0 Å². The Kier molecular flexibility index (Phi) is 5.49. The van der Waals surface area contributed by atoms with Crippen molar-refractivity contribution in [2.45, 2.75) is 38.1 Å². The van der Waals surface area contributed by atoms with E-state index in [-0.39, 0.29) is 11.9 Å². The van der Waals surface area contributed by atoms with Gasteiger partial charge in [-0.15, -0.1) is 0 Å². The molecular weight excluding hydrogens is 394 g/mol. The number of carbonyl (C=O) groups excluding carboxylic acids is 1. The van der Waals surface area contributed by atoms with Gasteiger partial charge in [-0.25, -0.2) is 0 Å². The summed E-state index contributed by atoms with van der Waals surface area (Å²) < 4.78 is 16.9. The van der Waals surface area contributed by atoms with Crippen molar-refractivity contribution >= 4 is 23.0 Å². The Morgan fingerprint density at radius 3 is 2.81 bits per heavy atom. The van der Waals surface area contributed by atoms with Gasteiger partial charge in [0.1, 0.15) is 18.1 Å². The minimum atomic E-state index is -0.164. The van der Waals surface area contributed by atoms with Crippen LogP contribution in [0.2, 0.25) is 0 Å². The van der Waals surface area contributed by atoms with Crippen LogP contribution in [0.5, 0.6) is 11.5 Å². The Morgan fingerprint density at radius 1 is 1.16 bits per heavy atom. The largest absolute Gasteiger partial charge is 0.497 e. The predicted molar refractivity (Wildman–Crippen MR) is 117 cm³/mol. The SMILES string of the molecule is COc1ccc2ncc3c(c2c1)CC(C1CCC(NC(=O)C2=CN=CCO2)CC1)CO3. The van der Waals surface area contributed by atoms with Gasteiger partial charge in [0, 0.05) is 29.1 Å². The summed E-state index contributed by atoms with van der Waals surface area (Å²) in [5, 5.41) is 4.22. The average molecular weight is 421 g/mol. The molecule has 1 saturated carbocycles. The molecule has 0 radical (unpaired) electrons. The van der Waals surface area contributed by atoms with Gasteiger partial charge in [0.2, 0.25) is 5.76 Å². The topological polar surface area (TPSA) is 82.0 Å². The van der Waals surface area contributed by atoms with E-state index < -0.39 is 0 Å². The van der Waals surface area contributed by atoms with Crippen LogP contribution in [0.4, 0.5) is 0 Å². The Bertz CT molecular complexity index is 1040. The summed E-state index contributed by atoms with van der Waals surface area (Å²) in [5.74, 6) is 2.93. The summed E-state index contributed by atoms with van der Waals surface area (Å²) in [6.07, 6.45) is 10.1. The van der Waals surface area contributed by atoms with Crippen molar-refractivity contribution < 1.29 is 19.0 Å². The van der Waals surface area contributed by atoms with Gasteiger partial charge in [0.25, 0.3) is 5.91 Å². The number of amides is 1. The molecule has 0 saturated heterocycles. The molecule has 5 rings (SSSR count). The number of methoxy groups -OCH3 is 1. The number of pyridine rings is 1. The van der Waals surface area contributed by atoms with E-state index >= 15 is 0 Å². The van der Waals surface area contributed by atoms with E-state index in [2.05, 4.69) is 21.4 Å². The van der Waals surface area contributed by atoms with E-state index in [1.165, 1.54) is 11.8 Å². The van der Waals surface area contributed by atoms with Crippen LogP contribution in [-0.2, 0) is 16.0 Å². The molecule has 0 bridgehead atoms. The van der Waals surface area contributed by atoms with Gasteiger partial charge in [-0.2, -0.15) is 0 Å². The van der Waals surface area contributed by atoms with E-state index in [4.69, 9.17) is 14.2 Å². The Labute approximate surface area is 181 Å². The molecule has 1 unspecified atom stereocenters. The number of nitrogens with zero attached hydrogens (tertiary/aromatic N) is 2. The van der Waals surface area contributed by atoms with Crippen molar-refractivity contribution in [3.8, 4) is 11.5 Å². The highest BCUT2D eigenvalue weighted by Crippen LogP contribution is 2.40. The fourth-order valence-corrected chi connectivity index (χ4v) is 4.93. The molecule has 1 fully saturated rings. The summed E-state index contributed by atoms with van der Waals surface area (Å²) in [6.45, 7) is 1.08. The Morgan fingerprint density at radius 2 is 2.03 bits per heavy atom. The quantitative estimate of drug-likeness (QED) is 0.818. The van der Waals surface area contributed by atoms with Crippen LogP contribution in [0.25, 0.3) is 10.9 Å². The molecule has 7 heteroatoms. The zero-order valence-electron chi connectivity index (χ0n) is 17.7. The first-order chi connectivity index (χ1) is 15.2. The van der Waals surface area contributed by atoms with Gasteiger partial charge in [-0.05, 0) is 56.2 Å². The number of nitrogens with one attached hydrogen (secondary N) is 1. The highest BCUT2D eigenvalue weighted by atomic mass is 16.5. The predicted octanol–water partition coefficient (Wildman–Crippen LogP) is 3.41. The minimum Gasteiger partial charge on any atom is -0.497 e. The van der Waals surface area contributed by atoms with Crippen LogP contribution in [-0.4, -0.2) is 43.5 Å². The number of ether oxygens (including phenoxy) is 3. The normalized spacial score (nSPS) is 25.1. The van der Waals surface area contributed by atoms with E-state index in [9.17, 15) is 4.79 Å². The molecule has 162 valence electrons. The third kappa shape index (κ3) is 4.09. The van der Waals surface area contributed by atoms with Gasteiger partial charge < -0.3 is 19.5 Å². The standard InChI is InChI=1S/C24H27N3O4/c1-29-18-6-7-21-19(11-18)20-10-16(14-31-22(20)13-26-21)15-2-4-17(5-3-15)27-24(28)23-12-25-8-9-30-23/h6-8,11-13,15-17H,2-5,9-10,14H2,1H3,(H,27,28). The van der Waals surface area contributed by atoms with Crippen LogP contribution >= 0.6 is 0 Å². The lowest BCUT2D eigenvalue weighted by molar-refractivity contribution is -0.121. The van der Waals surface area contributed by atoms with E-state index in [1.54, 1.807) is 13.3 Å². The number of benzene rings is 1. The average Bonchev–Trinajstić information content (AvgIpc) is 2.84. The molecule has 1 aliphatic carbocycles. The van der Waals surface area contributed by atoms with Gasteiger partial charge >= 0.3 is 0 Å². The highest BCUT2D eigenvalue weighted by Gasteiger charge is 2.33. The van der Waals surface area contributed by atoms with Crippen molar-refractivity contribution in [2.75, 3.05) is 20.3 Å². The third-order valence-corrected chi connectivity index (χ3v) is 6.67. The van der Waals surface area contributed by atoms with Crippen molar-refractivity contribution in [2.24, 2.45) is 16.8 Å². The van der Waals surface area contributed by atoms with Crippen molar-refractivity contribution in [1.82, 2.24) is 10.3 Å². The minimum absolute atomic E-state index is 0.164. The molecule has 1 aromatic heterocycles. The zero-order valence-corrected chi connectivity index (χ0v) is 17.7. The first-order valence-corrected chi connectivity index (χ1v) is 10.9. The molecule has 7 nitrogen and oxygen atoms in total. The number of rotatable bonds is 4. The maximum absolute atomic E-state index is 12.3. The zero-order chi connectivity index (χ0) is 21.2. The number of carbonyl (C=O) groups is 1. The summed E-state index contributed by atoms with van der Waals surface area (Å²) in [4.78, 5) is 20.9. The lowest BCUT2D eigenvalue weighted by Gasteiger charge is -2.36. The van der Waals surface area contributed by atoms with E-state index in [1.807, 2.05) is 18.3 Å². The highest BCUT2D eigenvalue weighted by molar-refractivity contribution is 5.92. The first kappa shape index (κ1) is 19.8. The second-order valence-electron chi connectivity index (χ2n) is 8.48. The van der Waals surface area contributed by atoms with Crippen LogP contribution in [0.15, 0.2) is 41.3 Å². The summed E-state index contributed by atoms with van der Waals surface area (Å²) >= 11 is 0. The lowest BCUT2D eigenvalue weighted by Crippen LogP contribution is -2.41. The number of fused-ring (bicyclic) bond motifs is 3. The number of aliphatic imine (C=N–C) groups is 1. The Hall–Kier alpha value is -3.09. The lowest BCUT2D eigenvalue weighted by atomic mass is 9.75. The van der Waals surface area contributed by atoms with Crippen LogP contribution < -0.4 is 14.8 Å². The summed E-state index contributed by atoms with van der Waals surface area (Å²) in [7, 11) is 1.69. The molecule has 2 aliphatic heterocycles. The van der Waals surface area contributed by atoms with E-state index in [0.29, 0.717) is 24.2 Å². The first-order valence-electron chi connectivity index (χ1n) is 10.9. The van der Waals surface area contributed by atoms with Crippen molar-refractivity contribution in [1.29, 1.82) is 0 Å². The third-order valence-electron chi connectivity index (χ3n) is 6.67. The molecule has 2 aromatic rings. The Balaban J connectivity index is 1.23. The van der Waals surface area contributed by atoms with Crippen LogP contribution in [0, 0.1) is 11.8 Å². The second-order valence-corrected chi connectivity index (χ2v) is 8.48. The molecule has 31 heavy (non-hydrogen) atoms. The molecule has 0 spiro atoms. The van der Waals surface area contributed by atoms with Gasteiger partial charge in [-0.3, -0.25) is 14.8 Å². The summed E-state index contributed by atoms with van der Waals surface area (Å²) in [6, 6.07) is 6.19. The van der Waals surface area contributed by atoms with Gasteiger partial charge in [-0.1, -0.05) is 0 Å². The molecule has 1 aromatic carbocycles. The van der Waals surface area contributed by atoms with Gasteiger partial charge in [0.05, 0.1) is 31.6 Å². The maximum Gasteiger partial charge on any atom is 0.288 e. The van der Waals surface area contributed by atoms with Crippen molar-refractivity contribution in [3.05, 3.63) is 41.9 Å². The number of hydrogen-bond donors (Lipinski definition) is 1. The maximum atomic E-state index is 12.3. The monoisotopic (exact) mass is 421 g/mol. The molecule has 3 aliphatic rings. The molecule has 1 N–H and O–H groups in total. The smallest absolute Gasteiger partial charge is 0.288 e. The molecule has 1 atom stereocenters. The number of hydrogen-bond acceptors (Lipinski definition) is 6. The molecular formula is C24H27N3O4. The second kappa shape index (κ2) is 8.57. The summed E-state index contributed by atoms with van der Waals surface area (Å²) in [5.41, 5.74) is 2.20. The fraction of sp³-hybridized carbons (Fsp3) is 0.458. The van der Waals surface area contributed by atoms with Gasteiger partial charge in [0.15, 0.2) is 0 Å². The number of aromatic nitrogens is 1. The van der Waals surface area contributed by atoms with Crippen LogP contribution in [0.3, 0.4) is 0 Å².